The first-order chi connectivity index (χ1) is 14.1. The van der Waals surface area contributed by atoms with E-state index < -0.39 is 11.2 Å². The third-order valence-electron chi connectivity index (χ3n) is 9.27. The highest BCUT2D eigenvalue weighted by Gasteiger charge is 2.78. The van der Waals surface area contributed by atoms with Gasteiger partial charge in [0.25, 0.3) is 0 Å². The second kappa shape index (κ2) is 5.43. The molecule has 6 atom stereocenters. The standard InChI is InChI=1S/C25H33NO4/c1-22(2,3)23(4,27)20-14-12-25(20,29-6)21-24-9-10-26-15(18(14)24)11-13-7-8-16(28-5)19(30-21)17(13)24/h7-8,15,20-21,26-27H,9-12H2,1-6H3/t15?,20-,21?,23-,24?,25-/m1/s1. The molecule has 4 bridgehead atoms. The fourth-order valence-corrected chi connectivity index (χ4v) is 7.54. The Kier molecular flexibility index (Phi) is 3.47. The molecule has 1 saturated carbocycles. The predicted molar refractivity (Wildman–Crippen MR) is 114 cm³/mol. The van der Waals surface area contributed by atoms with Gasteiger partial charge in [0.1, 0.15) is 11.7 Å². The maximum Gasteiger partial charge on any atom is 0.166 e. The molecule has 0 radical (unpaired) electrons. The number of piperidine rings is 1. The summed E-state index contributed by atoms with van der Waals surface area (Å²) in [5, 5.41) is 15.7. The molecule has 0 amide bonds. The van der Waals surface area contributed by atoms with Gasteiger partial charge in [-0.1, -0.05) is 32.4 Å². The molecule has 1 saturated heterocycles. The Bertz CT molecular complexity index is 990. The minimum absolute atomic E-state index is 0.0765. The van der Waals surface area contributed by atoms with E-state index in [-0.39, 0.29) is 22.9 Å². The van der Waals surface area contributed by atoms with E-state index in [1.807, 2.05) is 13.0 Å². The molecule has 2 heterocycles. The van der Waals surface area contributed by atoms with Crippen LogP contribution in [0.2, 0.25) is 0 Å². The van der Waals surface area contributed by atoms with Crippen molar-refractivity contribution in [2.45, 2.75) is 75.7 Å². The number of aliphatic hydroxyl groups is 1. The second-order valence-electron chi connectivity index (χ2n) is 11.2. The maximum atomic E-state index is 11.9. The molecular weight excluding hydrogens is 378 g/mol. The molecule has 2 N–H and O–H groups in total. The van der Waals surface area contributed by atoms with Crippen LogP contribution in [0.4, 0.5) is 0 Å². The first-order valence-electron chi connectivity index (χ1n) is 11.2. The topological polar surface area (TPSA) is 60.0 Å². The normalized spacial score (nSPS) is 39.6. The third-order valence-corrected chi connectivity index (χ3v) is 9.27. The van der Waals surface area contributed by atoms with Crippen LogP contribution in [0.1, 0.15) is 51.7 Å². The Hall–Kier alpha value is -1.56. The van der Waals surface area contributed by atoms with Gasteiger partial charge in [-0.25, -0.2) is 0 Å². The molecule has 6 aliphatic rings. The van der Waals surface area contributed by atoms with Gasteiger partial charge in [0.05, 0.1) is 18.1 Å². The van der Waals surface area contributed by atoms with E-state index in [0.717, 1.165) is 37.3 Å². The largest absolute Gasteiger partial charge is 0.493 e. The van der Waals surface area contributed by atoms with Gasteiger partial charge < -0.3 is 24.6 Å². The molecule has 1 aromatic rings. The number of methoxy groups -OCH3 is 2. The molecule has 162 valence electrons. The van der Waals surface area contributed by atoms with Crippen molar-refractivity contribution in [2.24, 2.45) is 11.3 Å². The zero-order valence-corrected chi connectivity index (χ0v) is 18.9. The number of ether oxygens (including phenoxy) is 3. The Labute approximate surface area is 178 Å². The molecule has 7 rings (SSSR count). The molecule has 3 unspecified atom stereocenters. The van der Waals surface area contributed by atoms with Crippen molar-refractivity contribution < 1.29 is 19.3 Å². The molecule has 0 aromatic heterocycles. The summed E-state index contributed by atoms with van der Waals surface area (Å²) in [5.74, 6) is 1.63. The minimum atomic E-state index is -0.915. The van der Waals surface area contributed by atoms with Gasteiger partial charge in [-0.3, -0.25) is 0 Å². The summed E-state index contributed by atoms with van der Waals surface area (Å²) in [7, 11) is 3.52. The smallest absolute Gasteiger partial charge is 0.166 e. The van der Waals surface area contributed by atoms with Crippen LogP contribution in [0.15, 0.2) is 23.3 Å². The van der Waals surface area contributed by atoms with Gasteiger partial charge in [0, 0.05) is 31.1 Å². The van der Waals surface area contributed by atoms with Crippen LogP contribution in [0.25, 0.3) is 0 Å². The molecule has 2 aliphatic heterocycles. The van der Waals surface area contributed by atoms with Gasteiger partial charge in [0.15, 0.2) is 11.5 Å². The van der Waals surface area contributed by atoms with E-state index in [9.17, 15) is 5.11 Å². The van der Waals surface area contributed by atoms with Crippen molar-refractivity contribution in [3.8, 4) is 11.5 Å². The molecule has 5 nitrogen and oxygen atoms in total. The highest BCUT2D eigenvalue weighted by molar-refractivity contribution is 5.70. The lowest BCUT2D eigenvalue weighted by molar-refractivity contribution is -0.242. The van der Waals surface area contributed by atoms with E-state index in [0.29, 0.717) is 6.04 Å². The van der Waals surface area contributed by atoms with Crippen molar-refractivity contribution in [3.63, 3.8) is 0 Å². The molecule has 30 heavy (non-hydrogen) atoms. The average molecular weight is 412 g/mol. The first kappa shape index (κ1) is 19.1. The summed E-state index contributed by atoms with van der Waals surface area (Å²) in [5.41, 5.74) is 3.67. The Morgan fingerprint density at radius 3 is 2.63 bits per heavy atom. The summed E-state index contributed by atoms with van der Waals surface area (Å²) in [6.45, 7) is 9.32. The van der Waals surface area contributed by atoms with Crippen molar-refractivity contribution >= 4 is 0 Å². The molecular formula is C25H33NO4. The summed E-state index contributed by atoms with van der Waals surface area (Å²) in [4.78, 5) is 0. The lowest BCUT2D eigenvalue weighted by atomic mass is 9.39. The van der Waals surface area contributed by atoms with Crippen LogP contribution in [0.5, 0.6) is 11.5 Å². The zero-order chi connectivity index (χ0) is 21.3. The monoisotopic (exact) mass is 411 g/mol. The number of rotatable bonds is 3. The fraction of sp³-hybridized carbons (Fsp3) is 0.680. The van der Waals surface area contributed by atoms with Crippen molar-refractivity contribution in [2.75, 3.05) is 20.8 Å². The number of hydrogen-bond acceptors (Lipinski definition) is 5. The van der Waals surface area contributed by atoms with Crippen molar-refractivity contribution in [1.29, 1.82) is 0 Å². The Morgan fingerprint density at radius 2 is 1.97 bits per heavy atom. The Morgan fingerprint density at radius 1 is 1.20 bits per heavy atom. The van der Waals surface area contributed by atoms with Crippen LogP contribution >= 0.6 is 0 Å². The quantitative estimate of drug-likeness (QED) is 0.749. The lowest BCUT2D eigenvalue weighted by Gasteiger charge is -2.69. The van der Waals surface area contributed by atoms with Gasteiger partial charge >= 0.3 is 0 Å². The van der Waals surface area contributed by atoms with Gasteiger partial charge in [-0.15, -0.1) is 0 Å². The number of benzene rings is 1. The van der Waals surface area contributed by atoms with Crippen LogP contribution in [-0.4, -0.2) is 49.2 Å². The third kappa shape index (κ3) is 1.80. The van der Waals surface area contributed by atoms with E-state index in [1.54, 1.807) is 14.2 Å². The SMILES string of the molecule is COc1ccc2c3c1OC1C34CCNC(C2)C4=C2C[C@@]1(OC)[C@H]2[C@@](C)(O)C(C)(C)C. The van der Waals surface area contributed by atoms with Crippen LogP contribution in [0, 0.1) is 11.3 Å². The van der Waals surface area contributed by atoms with E-state index in [4.69, 9.17) is 14.2 Å². The van der Waals surface area contributed by atoms with Crippen molar-refractivity contribution in [3.05, 3.63) is 34.4 Å². The Balaban J connectivity index is 1.66. The second-order valence-corrected chi connectivity index (χ2v) is 11.2. The number of hydrogen-bond donors (Lipinski definition) is 2. The summed E-state index contributed by atoms with van der Waals surface area (Å²) in [6.07, 6.45) is 2.66. The average Bonchev–Trinajstić information content (AvgIpc) is 3.00. The van der Waals surface area contributed by atoms with Gasteiger partial charge in [-0.05, 0) is 48.9 Å². The van der Waals surface area contributed by atoms with Crippen LogP contribution in [-0.2, 0) is 16.6 Å². The van der Waals surface area contributed by atoms with Crippen LogP contribution < -0.4 is 14.8 Å². The zero-order valence-electron chi connectivity index (χ0n) is 18.9. The molecule has 1 aromatic carbocycles. The molecule has 1 spiro atoms. The highest BCUT2D eigenvalue weighted by atomic mass is 16.6. The fourth-order valence-electron chi connectivity index (χ4n) is 7.54. The lowest BCUT2D eigenvalue weighted by Crippen LogP contribution is -2.78. The van der Waals surface area contributed by atoms with Crippen molar-refractivity contribution in [1.82, 2.24) is 5.32 Å². The van der Waals surface area contributed by atoms with E-state index in [1.165, 1.54) is 22.3 Å². The predicted octanol–water partition coefficient (Wildman–Crippen LogP) is 3.12. The molecule has 4 aliphatic carbocycles. The van der Waals surface area contributed by atoms with Gasteiger partial charge in [-0.2, -0.15) is 0 Å². The van der Waals surface area contributed by atoms with E-state index >= 15 is 0 Å². The summed E-state index contributed by atoms with van der Waals surface area (Å²) >= 11 is 0. The van der Waals surface area contributed by atoms with E-state index in [2.05, 4.69) is 32.2 Å². The van der Waals surface area contributed by atoms with Crippen LogP contribution in [0.3, 0.4) is 0 Å². The first-order valence-corrected chi connectivity index (χ1v) is 11.2. The summed E-state index contributed by atoms with van der Waals surface area (Å²) in [6, 6.07) is 4.57. The molecule has 2 fully saturated rings. The minimum Gasteiger partial charge on any atom is -0.493 e. The van der Waals surface area contributed by atoms with Gasteiger partial charge in [0.2, 0.25) is 0 Å². The number of nitrogens with one attached hydrogen (secondary N) is 1. The molecule has 5 heteroatoms. The highest BCUT2D eigenvalue weighted by Crippen LogP contribution is 2.73. The summed E-state index contributed by atoms with van der Waals surface area (Å²) < 4.78 is 19.0. The maximum absolute atomic E-state index is 11.9.